The maximum Gasteiger partial charge on any atom is 0.257 e. The molecule has 4 N–H and O–H groups in total. The van der Waals surface area contributed by atoms with Crippen molar-refractivity contribution in [3.63, 3.8) is 0 Å². The van der Waals surface area contributed by atoms with Crippen molar-refractivity contribution < 1.29 is 8.42 Å². The molecule has 86 valence electrons. The van der Waals surface area contributed by atoms with E-state index >= 15 is 0 Å². The summed E-state index contributed by atoms with van der Waals surface area (Å²) in [6, 6.07) is 0. The predicted molar refractivity (Wildman–Crippen MR) is 56.7 cm³/mol. The second kappa shape index (κ2) is 5.84. The topological polar surface area (TPSA) is 101 Å². The third-order valence-corrected chi connectivity index (χ3v) is 3.32. The van der Waals surface area contributed by atoms with Crippen molar-refractivity contribution in [2.45, 2.75) is 24.3 Å². The van der Waals surface area contributed by atoms with Gasteiger partial charge in [0.2, 0.25) is 0 Å². The van der Waals surface area contributed by atoms with E-state index in [-0.39, 0.29) is 5.03 Å². The van der Waals surface area contributed by atoms with Crippen LogP contribution in [0.3, 0.4) is 0 Å². The number of hydrogen-bond acceptors (Lipinski definition) is 4. The molecule has 1 aromatic heterocycles. The van der Waals surface area contributed by atoms with E-state index in [1.807, 2.05) is 0 Å². The van der Waals surface area contributed by atoms with Crippen molar-refractivity contribution in [2.75, 3.05) is 13.1 Å². The van der Waals surface area contributed by atoms with Gasteiger partial charge in [-0.25, -0.2) is 18.1 Å². The van der Waals surface area contributed by atoms with Gasteiger partial charge < -0.3 is 10.7 Å². The van der Waals surface area contributed by atoms with Gasteiger partial charge in [0.1, 0.15) is 0 Å². The van der Waals surface area contributed by atoms with Gasteiger partial charge in [-0.1, -0.05) is 6.42 Å². The van der Waals surface area contributed by atoms with Crippen LogP contribution in [0.15, 0.2) is 17.6 Å². The average Bonchev–Trinajstić information content (AvgIpc) is 2.70. The minimum Gasteiger partial charge on any atom is -0.335 e. The molecular formula is C8H16N4O2S. The molecule has 0 aliphatic carbocycles. The molecule has 0 bridgehead atoms. The normalized spacial score (nSPS) is 11.8. The predicted octanol–water partition coefficient (Wildman–Crippen LogP) is -0.183. The Morgan fingerprint density at radius 3 is 2.80 bits per heavy atom. The minimum absolute atomic E-state index is 0.0984. The number of H-pyrrole nitrogens is 1. The second-order valence-electron chi connectivity index (χ2n) is 3.16. The van der Waals surface area contributed by atoms with Gasteiger partial charge in [0.15, 0.2) is 5.03 Å². The van der Waals surface area contributed by atoms with Crippen LogP contribution in [0.25, 0.3) is 0 Å². The molecule has 1 heterocycles. The van der Waals surface area contributed by atoms with Crippen LogP contribution in [-0.2, 0) is 10.0 Å². The molecule has 0 aromatic carbocycles. The summed E-state index contributed by atoms with van der Waals surface area (Å²) < 4.78 is 25.5. The van der Waals surface area contributed by atoms with Crippen LogP contribution in [-0.4, -0.2) is 31.5 Å². The molecular weight excluding hydrogens is 216 g/mol. The van der Waals surface area contributed by atoms with Crippen LogP contribution in [0.4, 0.5) is 0 Å². The van der Waals surface area contributed by atoms with Gasteiger partial charge in [-0.05, 0) is 19.4 Å². The van der Waals surface area contributed by atoms with Gasteiger partial charge in [0, 0.05) is 6.54 Å². The number of aromatic amines is 1. The molecule has 0 unspecified atom stereocenters. The highest BCUT2D eigenvalue weighted by atomic mass is 32.2. The first kappa shape index (κ1) is 12.2. The number of imidazole rings is 1. The monoisotopic (exact) mass is 232 g/mol. The van der Waals surface area contributed by atoms with Gasteiger partial charge in [0.25, 0.3) is 10.0 Å². The number of unbranched alkanes of at least 4 members (excludes halogenated alkanes) is 2. The lowest BCUT2D eigenvalue weighted by Gasteiger charge is -2.03. The summed E-state index contributed by atoms with van der Waals surface area (Å²) in [5.41, 5.74) is 5.32. The summed E-state index contributed by atoms with van der Waals surface area (Å²) in [6.07, 6.45) is 5.27. The quantitative estimate of drug-likeness (QED) is 0.567. The van der Waals surface area contributed by atoms with Crippen LogP contribution in [0.2, 0.25) is 0 Å². The number of nitrogens with two attached hydrogens (primary N) is 1. The molecule has 0 saturated carbocycles. The average molecular weight is 232 g/mol. The first-order valence-corrected chi connectivity index (χ1v) is 6.33. The summed E-state index contributed by atoms with van der Waals surface area (Å²) in [5.74, 6) is 0. The first-order chi connectivity index (χ1) is 7.17. The maximum absolute atomic E-state index is 11.5. The summed E-state index contributed by atoms with van der Waals surface area (Å²) in [4.78, 5) is 6.20. The molecule has 1 aromatic rings. The maximum atomic E-state index is 11.5. The third-order valence-electron chi connectivity index (χ3n) is 1.94. The summed E-state index contributed by atoms with van der Waals surface area (Å²) in [5, 5.41) is 0.0984. The third kappa shape index (κ3) is 3.98. The van der Waals surface area contributed by atoms with Crippen LogP contribution in [0, 0.1) is 0 Å². The van der Waals surface area contributed by atoms with E-state index in [0.717, 1.165) is 19.3 Å². The SMILES string of the molecule is NCCCCCNS(=O)(=O)c1cnc[nH]1. The highest BCUT2D eigenvalue weighted by Gasteiger charge is 2.13. The Morgan fingerprint density at radius 1 is 1.40 bits per heavy atom. The van der Waals surface area contributed by atoms with Gasteiger partial charge in [-0.3, -0.25) is 0 Å². The van der Waals surface area contributed by atoms with Gasteiger partial charge in [-0.15, -0.1) is 0 Å². The number of hydrogen-bond donors (Lipinski definition) is 3. The van der Waals surface area contributed by atoms with Crippen molar-refractivity contribution in [3.05, 3.63) is 12.5 Å². The van der Waals surface area contributed by atoms with Crippen molar-refractivity contribution >= 4 is 10.0 Å². The molecule has 0 aliphatic heterocycles. The molecule has 1 rings (SSSR count). The Kier molecular flexibility index (Phi) is 4.73. The standard InChI is InChI=1S/C8H16N4O2S/c9-4-2-1-3-5-12-15(13,14)8-6-10-7-11-8/h6-7,12H,1-5,9H2,(H,10,11). The molecule has 7 heteroatoms. The number of aromatic nitrogens is 2. The Morgan fingerprint density at radius 2 is 2.20 bits per heavy atom. The molecule has 0 saturated heterocycles. The fraction of sp³-hybridized carbons (Fsp3) is 0.625. The lowest BCUT2D eigenvalue weighted by molar-refractivity contribution is 0.572. The van der Waals surface area contributed by atoms with Gasteiger partial charge in [-0.2, -0.15) is 0 Å². The van der Waals surface area contributed by atoms with E-state index in [2.05, 4.69) is 14.7 Å². The largest absolute Gasteiger partial charge is 0.335 e. The summed E-state index contributed by atoms with van der Waals surface area (Å²) in [7, 11) is -3.40. The Hall–Kier alpha value is -0.920. The zero-order valence-electron chi connectivity index (χ0n) is 8.44. The Labute approximate surface area is 89.3 Å². The smallest absolute Gasteiger partial charge is 0.257 e. The zero-order chi connectivity index (χ0) is 11.1. The van der Waals surface area contributed by atoms with Crippen molar-refractivity contribution in [1.29, 1.82) is 0 Å². The van der Waals surface area contributed by atoms with E-state index in [0.29, 0.717) is 13.1 Å². The Bertz CT molecular complexity index is 360. The van der Waals surface area contributed by atoms with E-state index in [1.165, 1.54) is 12.5 Å². The molecule has 0 amide bonds. The van der Waals surface area contributed by atoms with E-state index in [9.17, 15) is 8.42 Å². The van der Waals surface area contributed by atoms with E-state index in [1.54, 1.807) is 0 Å². The van der Waals surface area contributed by atoms with E-state index in [4.69, 9.17) is 5.73 Å². The van der Waals surface area contributed by atoms with Crippen molar-refractivity contribution in [3.8, 4) is 0 Å². The minimum atomic E-state index is -3.40. The highest BCUT2D eigenvalue weighted by molar-refractivity contribution is 7.89. The molecule has 6 nitrogen and oxygen atoms in total. The van der Waals surface area contributed by atoms with Gasteiger partial charge in [0.05, 0.1) is 12.5 Å². The summed E-state index contributed by atoms with van der Waals surface area (Å²) in [6.45, 7) is 1.08. The van der Waals surface area contributed by atoms with Crippen LogP contribution in [0.1, 0.15) is 19.3 Å². The molecule has 0 aliphatic rings. The second-order valence-corrected chi connectivity index (χ2v) is 4.90. The van der Waals surface area contributed by atoms with Gasteiger partial charge >= 0.3 is 0 Å². The first-order valence-electron chi connectivity index (χ1n) is 4.85. The van der Waals surface area contributed by atoms with Crippen LogP contribution >= 0.6 is 0 Å². The zero-order valence-corrected chi connectivity index (χ0v) is 9.26. The highest BCUT2D eigenvalue weighted by Crippen LogP contribution is 2.02. The lowest BCUT2D eigenvalue weighted by Crippen LogP contribution is -2.25. The molecule has 0 atom stereocenters. The molecule has 15 heavy (non-hydrogen) atoms. The Balaban J connectivity index is 2.32. The number of nitrogens with zero attached hydrogens (tertiary/aromatic N) is 1. The van der Waals surface area contributed by atoms with Crippen LogP contribution in [0.5, 0.6) is 0 Å². The number of rotatable bonds is 7. The number of sulfonamides is 1. The summed E-state index contributed by atoms with van der Waals surface area (Å²) >= 11 is 0. The molecule has 0 fully saturated rings. The van der Waals surface area contributed by atoms with E-state index < -0.39 is 10.0 Å². The van der Waals surface area contributed by atoms with Crippen molar-refractivity contribution in [2.24, 2.45) is 5.73 Å². The fourth-order valence-corrected chi connectivity index (χ4v) is 2.10. The lowest BCUT2D eigenvalue weighted by atomic mass is 10.2. The number of nitrogens with one attached hydrogen (secondary N) is 2. The van der Waals surface area contributed by atoms with Crippen molar-refractivity contribution in [1.82, 2.24) is 14.7 Å². The fourth-order valence-electron chi connectivity index (χ4n) is 1.12. The molecule has 0 spiro atoms. The van der Waals surface area contributed by atoms with Crippen LogP contribution < -0.4 is 10.5 Å². The molecule has 0 radical (unpaired) electrons.